The molecule has 2 rings (SSSR count). The zero-order chi connectivity index (χ0) is 13.9. The molecule has 1 aromatic carbocycles. The van der Waals surface area contributed by atoms with Crippen LogP contribution in [0.1, 0.15) is 24.8 Å². The molecule has 1 aromatic rings. The molecule has 1 N–H and O–H groups in total. The van der Waals surface area contributed by atoms with E-state index in [1.807, 2.05) is 24.3 Å². The lowest BCUT2D eigenvalue weighted by molar-refractivity contribution is -0.121. The third kappa shape index (κ3) is 3.79. The minimum atomic E-state index is -3.25. The van der Waals surface area contributed by atoms with Crippen molar-refractivity contribution >= 4 is 31.7 Å². The van der Waals surface area contributed by atoms with E-state index in [0.29, 0.717) is 19.4 Å². The highest BCUT2D eigenvalue weighted by atomic mass is 79.9. The van der Waals surface area contributed by atoms with Crippen LogP contribution >= 0.6 is 15.9 Å². The fourth-order valence-corrected chi connectivity index (χ4v) is 4.24. The average molecular weight is 346 g/mol. The van der Waals surface area contributed by atoms with Gasteiger partial charge in [0.2, 0.25) is 5.91 Å². The highest BCUT2D eigenvalue weighted by Crippen LogP contribution is 2.19. The van der Waals surface area contributed by atoms with E-state index < -0.39 is 15.1 Å². The summed E-state index contributed by atoms with van der Waals surface area (Å²) in [5.41, 5.74) is 0.949. The summed E-state index contributed by atoms with van der Waals surface area (Å²) >= 11 is 3.34. The number of carbonyl (C=O) groups is 1. The normalized spacial score (nSPS) is 21.8. The molecule has 19 heavy (non-hydrogen) atoms. The average Bonchev–Trinajstić information content (AvgIpc) is 2.37. The van der Waals surface area contributed by atoms with Crippen molar-refractivity contribution in [2.45, 2.75) is 31.1 Å². The third-order valence-corrected chi connectivity index (χ3v) is 5.95. The number of halogens is 1. The molecule has 1 fully saturated rings. The zero-order valence-electron chi connectivity index (χ0n) is 10.4. The van der Waals surface area contributed by atoms with Crippen molar-refractivity contribution in [2.24, 2.45) is 0 Å². The van der Waals surface area contributed by atoms with E-state index in [-0.39, 0.29) is 11.7 Å². The van der Waals surface area contributed by atoms with Gasteiger partial charge < -0.3 is 5.32 Å². The Labute approximate surface area is 121 Å². The smallest absolute Gasteiger partial charge is 0.238 e. The minimum Gasteiger partial charge on any atom is -0.351 e. The van der Waals surface area contributed by atoms with Crippen LogP contribution in [0.15, 0.2) is 28.7 Å². The first-order chi connectivity index (χ1) is 8.99. The fourth-order valence-electron chi connectivity index (χ4n) is 2.15. The summed E-state index contributed by atoms with van der Waals surface area (Å²) in [4.78, 5) is 12.0. The number of carbonyl (C=O) groups excluding carboxylic acids is 1. The van der Waals surface area contributed by atoms with Gasteiger partial charge in [-0.15, -0.1) is 0 Å². The largest absolute Gasteiger partial charge is 0.351 e. The molecular formula is C13H16BrNO3S. The van der Waals surface area contributed by atoms with E-state index in [1.54, 1.807) is 0 Å². The Hall–Kier alpha value is -0.880. The molecule has 1 amide bonds. The predicted octanol–water partition coefficient (Wildman–Crippen LogP) is 2.03. The van der Waals surface area contributed by atoms with Crippen molar-refractivity contribution in [3.8, 4) is 0 Å². The van der Waals surface area contributed by atoms with E-state index in [0.717, 1.165) is 16.5 Å². The van der Waals surface area contributed by atoms with Gasteiger partial charge in [0, 0.05) is 11.0 Å². The van der Waals surface area contributed by atoms with Gasteiger partial charge in [-0.3, -0.25) is 4.79 Å². The van der Waals surface area contributed by atoms with Crippen LogP contribution < -0.4 is 5.32 Å². The van der Waals surface area contributed by atoms with Crippen LogP contribution in [-0.2, 0) is 21.2 Å². The lowest BCUT2D eigenvalue weighted by Gasteiger charge is -2.21. The standard InChI is InChI=1S/C13H16BrNO3S/c14-11-6-4-10(5-7-11)9-15-13(16)12-3-1-2-8-19(12,17)18/h4-7,12H,1-3,8-9H2,(H,15,16). The summed E-state index contributed by atoms with van der Waals surface area (Å²) in [6.07, 6.45) is 1.91. The molecule has 1 heterocycles. The Bertz CT molecular complexity index is 554. The van der Waals surface area contributed by atoms with E-state index in [1.165, 1.54) is 0 Å². The maximum Gasteiger partial charge on any atom is 0.238 e. The Kier molecular flexibility index (Phi) is 4.62. The highest BCUT2D eigenvalue weighted by Gasteiger charge is 2.34. The molecule has 1 atom stereocenters. The number of sulfone groups is 1. The molecule has 1 aliphatic rings. The molecule has 1 aliphatic heterocycles. The van der Waals surface area contributed by atoms with Gasteiger partial charge in [-0.25, -0.2) is 8.42 Å². The molecular weight excluding hydrogens is 330 g/mol. The molecule has 104 valence electrons. The molecule has 0 spiro atoms. The Morgan fingerprint density at radius 1 is 1.26 bits per heavy atom. The lowest BCUT2D eigenvalue weighted by Crippen LogP contribution is -2.42. The first-order valence-electron chi connectivity index (χ1n) is 6.23. The number of hydrogen-bond donors (Lipinski definition) is 1. The molecule has 0 bridgehead atoms. The maximum absolute atomic E-state index is 12.0. The second-order valence-electron chi connectivity index (χ2n) is 4.70. The lowest BCUT2D eigenvalue weighted by atomic mass is 10.1. The summed E-state index contributed by atoms with van der Waals surface area (Å²) in [6.45, 7) is 0.359. The SMILES string of the molecule is O=C(NCc1ccc(Br)cc1)C1CCCCS1(=O)=O. The molecule has 0 aromatic heterocycles. The van der Waals surface area contributed by atoms with E-state index >= 15 is 0 Å². The molecule has 4 nitrogen and oxygen atoms in total. The number of hydrogen-bond acceptors (Lipinski definition) is 3. The van der Waals surface area contributed by atoms with Crippen molar-refractivity contribution in [3.63, 3.8) is 0 Å². The predicted molar refractivity (Wildman–Crippen MR) is 77.4 cm³/mol. The van der Waals surface area contributed by atoms with Gasteiger partial charge in [-0.05, 0) is 30.5 Å². The summed E-state index contributed by atoms with van der Waals surface area (Å²) in [5.74, 6) is -0.244. The molecule has 6 heteroatoms. The van der Waals surface area contributed by atoms with Crippen LogP contribution in [0.4, 0.5) is 0 Å². The second-order valence-corrected chi connectivity index (χ2v) is 7.91. The van der Waals surface area contributed by atoms with Gasteiger partial charge in [0.05, 0.1) is 5.75 Å². The first kappa shape index (κ1) is 14.5. The Balaban J connectivity index is 1.96. The van der Waals surface area contributed by atoms with Gasteiger partial charge in [0.25, 0.3) is 0 Å². The van der Waals surface area contributed by atoms with E-state index in [9.17, 15) is 13.2 Å². The van der Waals surface area contributed by atoms with Gasteiger partial charge in [0.1, 0.15) is 5.25 Å². The van der Waals surface area contributed by atoms with Crippen LogP contribution in [0.2, 0.25) is 0 Å². The Morgan fingerprint density at radius 3 is 2.58 bits per heavy atom. The zero-order valence-corrected chi connectivity index (χ0v) is 12.8. The van der Waals surface area contributed by atoms with Crippen molar-refractivity contribution in [1.29, 1.82) is 0 Å². The fraction of sp³-hybridized carbons (Fsp3) is 0.462. The van der Waals surface area contributed by atoms with E-state index in [4.69, 9.17) is 0 Å². The summed E-state index contributed by atoms with van der Waals surface area (Å²) < 4.78 is 24.6. The van der Waals surface area contributed by atoms with Crippen LogP contribution in [-0.4, -0.2) is 25.3 Å². The third-order valence-electron chi connectivity index (χ3n) is 3.25. The molecule has 0 radical (unpaired) electrons. The van der Waals surface area contributed by atoms with Gasteiger partial charge >= 0.3 is 0 Å². The molecule has 0 saturated carbocycles. The second kappa shape index (κ2) is 6.05. The monoisotopic (exact) mass is 345 g/mol. The van der Waals surface area contributed by atoms with Crippen LogP contribution in [0, 0.1) is 0 Å². The van der Waals surface area contributed by atoms with Crippen molar-refractivity contribution < 1.29 is 13.2 Å². The topological polar surface area (TPSA) is 63.2 Å². The Morgan fingerprint density at radius 2 is 1.95 bits per heavy atom. The van der Waals surface area contributed by atoms with Gasteiger partial charge in [-0.1, -0.05) is 34.5 Å². The number of nitrogens with one attached hydrogen (secondary N) is 1. The number of amides is 1. The van der Waals surface area contributed by atoms with Crippen LogP contribution in [0.5, 0.6) is 0 Å². The molecule has 1 unspecified atom stereocenters. The van der Waals surface area contributed by atoms with Gasteiger partial charge in [0.15, 0.2) is 9.84 Å². The van der Waals surface area contributed by atoms with Crippen LogP contribution in [0.3, 0.4) is 0 Å². The first-order valence-corrected chi connectivity index (χ1v) is 8.73. The number of benzene rings is 1. The summed E-state index contributed by atoms with van der Waals surface area (Å²) in [6, 6.07) is 7.55. The van der Waals surface area contributed by atoms with Crippen LogP contribution in [0.25, 0.3) is 0 Å². The van der Waals surface area contributed by atoms with E-state index in [2.05, 4.69) is 21.2 Å². The quantitative estimate of drug-likeness (QED) is 0.911. The molecule has 0 aliphatic carbocycles. The number of rotatable bonds is 3. The van der Waals surface area contributed by atoms with Crippen molar-refractivity contribution in [2.75, 3.05) is 5.75 Å². The summed E-state index contributed by atoms with van der Waals surface area (Å²) in [5, 5.41) is 1.85. The molecule has 1 saturated heterocycles. The minimum absolute atomic E-state index is 0.128. The van der Waals surface area contributed by atoms with Crippen molar-refractivity contribution in [1.82, 2.24) is 5.32 Å². The van der Waals surface area contributed by atoms with Gasteiger partial charge in [-0.2, -0.15) is 0 Å². The van der Waals surface area contributed by atoms with Crippen molar-refractivity contribution in [3.05, 3.63) is 34.3 Å². The maximum atomic E-state index is 12.0. The highest BCUT2D eigenvalue weighted by molar-refractivity contribution is 9.10. The summed E-state index contributed by atoms with van der Waals surface area (Å²) in [7, 11) is -3.25.